The molecule has 0 spiro atoms. The topological polar surface area (TPSA) is 61.7 Å². The van der Waals surface area contributed by atoms with Crippen molar-refractivity contribution in [2.24, 2.45) is 0 Å². The minimum atomic E-state index is -0.725. The third-order valence-corrected chi connectivity index (χ3v) is 1.92. The Labute approximate surface area is 89.5 Å². The number of nitrogens with one attached hydrogen (secondary N) is 1. The van der Waals surface area contributed by atoms with E-state index in [1.807, 2.05) is 31.2 Å². The smallest absolute Gasteiger partial charge is 0.119 e. The van der Waals surface area contributed by atoms with E-state index in [0.29, 0.717) is 13.2 Å². The lowest BCUT2D eigenvalue weighted by Crippen LogP contribution is -2.22. The molecule has 1 atom stereocenters. The van der Waals surface area contributed by atoms with E-state index < -0.39 is 6.10 Å². The zero-order chi connectivity index (χ0) is 11.1. The Morgan fingerprint density at radius 2 is 2.00 bits per heavy atom. The van der Waals surface area contributed by atoms with Crippen molar-refractivity contribution in [2.45, 2.75) is 13.0 Å². The van der Waals surface area contributed by atoms with Crippen LogP contribution in [0.2, 0.25) is 0 Å². The molecule has 1 aromatic rings. The predicted octanol–water partition coefficient (Wildman–Crippen LogP) is 0.850. The summed E-state index contributed by atoms with van der Waals surface area (Å²) in [5.41, 5.74) is 0.894. The zero-order valence-corrected chi connectivity index (χ0v) is 8.81. The van der Waals surface area contributed by atoms with Crippen LogP contribution in [0.3, 0.4) is 0 Å². The van der Waals surface area contributed by atoms with Crippen molar-refractivity contribution < 1.29 is 14.9 Å². The Balaban J connectivity index is 2.42. The molecule has 0 aliphatic rings. The van der Waals surface area contributed by atoms with Gasteiger partial charge in [-0.05, 0) is 31.2 Å². The molecule has 1 unspecified atom stereocenters. The van der Waals surface area contributed by atoms with Gasteiger partial charge in [-0.1, -0.05) is 0 Å². The van der Waals surface area contributed by atoms with Crippen molar-refractivity contribution in [3.8, 4) is 5.75 Å². The van der Waals surface area contributed by atoms with Gasteiger partial charge in [0.2, 0.25) is 0 Å². The van der Waals surface area contributed by atoms with E-state index in [1.165, 1.54) is 0 Å². The normalized spacial score (nSPS) is 12.2. The lowest BCUT2D eigenvalue weighted by Gasteiger charge is -2.10. The molecule has 1 aromatic carbocycles. The standard InChI is InChI=1S/C11H17NO3/c1-2-15-11-5-3-9(4-6-11)12-7-10(14)8-13/h3-6,10,12-14H,2,7-8H2,1H3. The molecule has 4 heteroatoms. The average Bonchev–Trinajstić information content (AvgIpc) is 2.28. The third kappa shape index (κ3) is 4.18. The first-order chi connectivity index (χ1) is 7.26. The minimum absolute atomic E-state index is 0.232. The van der Waals surface area contributed by atoms with E-state index in [2.05, 4.69) is 5.32 Å². The first kappa shape index (κ1) is 11.8. The predicted molar refractivity (Wildman–Crippen MR) is 59.2 cm³/mol. The van der Waals surface area contributed by atoms with Gasteiger partial charge < -0.3 is 20.3 Å². The number of rotatable bonds is 6. The van der Waals surface area contributed by atoms with Crippen LogP contribution in [0.1, 0.15) is 6.92 Å². The van der Waals surface area contributed by atoms with Crippen molar-refractivity contribution in [1.29, 1.82) is 0 Å². The summed E-state index contributed by atoms with van der Waals surface area (Å²) in [6.45, 7) is 2.69. The Morgan fingerprint density at radius 1 is 1.33 bits per heavy atom. The van der Waals surface area contributed by atoms with Crippen LogP contribution >= 0.6 is 0 Å². The Kier molecular flexibility index (Phi) is 4.93. The van der Waals surface area contributed by atoms with Gasteiger partial charge in [0.05, 0.1) is 19.3 Å². The second kappa shape index (κ2) is 6.27. The third-order valence-electron chi connectivity index (χ3n) is 1.92. The molecule has 0 heterocycles. The summed E-state index contributed by atoms with van der Waals surface area (Å²) in [6.07, 6.45) is -0.725. The number of hydrogen-bond donors (Lipinski definition) is 3. The number of anilines is 1. The van der Waals surface area contributed by atoms with Crippen LogP contribution in [0.5, 0.6) is 5.75 Å². The van der Waals surface area contributed by atoms with Crippen LogP contribution in [-0.2, 0) is 0 Å². The van der Waals surface area contributed by atoms with Gasteiger partial charge in [-0.2, -0.15) is 0 Å². The van der Waals surface area contributed by atoms with Crippen molar-refractivity contribution in [1.82, 2.24) is 0 Å². The molecule has 15 heavy (non-hydrogen) atoms. The van der Waals surface area contributed by atoms with Crippen LogP contribution < -0.4 is 10.1 Å². The average molecular weight is 211 g/mol. The Morgan fingerprint density at radius 3 is 2.53 bits per heavy atom. The number of aliphatic hydroxyl groups excluding tert-OH is 2. The van der Waals surface area contributed by atoms with Gasteiger partial charge in [-0.15, -0.1) is 0 Å². The molecule has 0 fully saturated rings. The molecule has 0 aromatic heterocycles. The van der Waals surface area contributed by atoms with Gasteiger partial charge in [-0.3, -0.25) is 0 Å². The molecule has 4 nitrogen and oxygen atoms in total. The molecule has 0 bridgehead atoms. The summed E-state index contributed by atoms with van der Waals surface area (Å²) in [7, 11) is 0. The molecule has 3 N–H and O–H groups in total. The van der Waals surface area contributed by atoms with E-state index in [4.69, 9.17) is 14.9 Å². The second-order valence-electron chi connectivity index (χ2n) is 3.17. The fourth-order valence-electron chi connectivity index (χ4n) is 1.14. The Bertz CT molecular complexity index is 274. The molecular formula is C11H17NO3. The number of ether oxygens (including phenoxy) is 1. The fraction of sp³-hybridized carbons (Fsp3) is 0.455. The van der Waals surface area contributed by atoms with Crippen LogP contribution in [0.4, 0.5) is 5.69 Å². The van der Waals surface area contributed by atoms with Gasteiger partial charge in [0.1, 0.15) is 5.75 Å². The first-order valence-corrected chi connectivity index (χ1v) is 5.02. The molecule has 0 aliphatic carbocycles. The van der Waals surface area contributed by atoms with Crippen LogP contribution in [-0.4, -0.2) is 36.1 Å². The summed E-state index contributed by atoms with van der Waals surface area (Å²) in [4.78, 5) is 0. The molecule has 0 aliphatic heterocycles. The lowest BCUT2D eigenvalue weighted by atomic mass is 10.3. The molecular weight excluding hydrogens is 194 g/mol. The van der Waals surface area contributed by atoms with E-state index in [0.717, 1.165) is 11.4 Å². The highest BCUT2D eigenvalue weighted by Crippen LogP contribution is 2.15. The maximum absolute atomic E-state index is 9.12. The van der Waals surface area contributed by atoms with Gasteiger partial charge in [0.15, 0.2) is 0 Å². The maximum atomic E-state index is 9.12. The van der Waals surface area contributed by atoms with Crippen LogP contribution in [0.15, 0.2) is 24.3 Å². The molecule has 0 radical (unpaired) electrons. The molecule has 84 valence electrons. The summed E-state index contributed by atoms with van der Waals surface area (Å²) >= 11 is 0. The largest absolute Gasteiger partial charge is 0.494 e. The van der Waals surface area contributed by atoms with E-state index >= 15 is 0 Å². The summed E-state index contributed by atoms with van der Waals surface area (Å²) in [6, 6.07) is 7.46. The quantitative estimate of drug-likeness (QED) is 0.653. The summed E-state index contributed by atoms with van der Waals surface area (Å²) < 4.78 is 5.29. The van der Waals surface area contributed by atoms with Crippen LogP contribution in [0.25, 0.3) is 0 Å². The fourth-order valence-corrected chi connectivity index (χ4v) is 1.14. The van der Waals surface area contributed by atoms with Gasteiger partial charge in [-0.25, -0.2) is 0 Å². The van der Waals surface area contributed by atoms with Crippen LogP contribution in [0, 0.1) is 0 Å². The molecule has 0 amide bonds. The number of aliphatic hydroxyl groups is 2. The highest BCUT2D eigenvalue weighted by atomic mass is 16.5. The van der Waals surface area contributed by atoms with Gasteiger partial charge in [0, 0.05) is 12.2 Å². The van der Waals surface area contributed by atoms with E-state index in [-0.39, 0.29) is 6.61 Å². The Hall–Kier alpha value is -1.26. The maximum Gasteiger partial charge on any atom is 0.119 e. The lowest BCUT2D eigenvalue weighted by molar-refractivity contribution is 0.105. The van der Waals surface area contributed by atoms with E-state index in [1.54, 1.807) is 0 Å². The second-order valence-corrected chi connectivity index (χ2v) is 3.17. The SMILES string of the molecule is CCOc1ccc(NCC(O)CO)cc1. The number of benzene rings is 1. The minimum Gasteiger partial charge on any atom is -0.494 e. The zero-order valence-electron chi connectivity index (χ0n) is 8.81. The van der Waals surface area contributed by atoms with Crippen molar-refractivity contribution in [2.75, 3.05) is 25.1 Å². The number of hydrogen-bond acceptors (Lipinski definition) is 4. The van der Waals surface area contributed by atoms with Gasteiger partial charge >= 0.3 is 0 Å². The van der Waals surface area contributed by atoms with Crippen molar-refractivity contribution in [3.63, 3.8) is 0 Å². The van der Waals surface area contributed by atoms with Crippen molar-refractivity contribution in [3.05, 3.63) is 24.3 Å². The summed E-state index contributed by atoms with van der Waals surface area (Å²) in [5.74, 6) is 0.825. The molecule has 1 rings (SSSR count). The molecule has 0 saturated carbocycles. The first-order valence-electron chi connectivity index (χ1n) is 5.02. The highest BCUT2D eigenvalue weighted by Gasteiger charge is 2.00. The summed E-state index contributed by atoms with van der Waals surface area (Å²) in [5, 5.41) is 20.7. The highest BCUT2D eigenvalue weighted by molar-refractivity contribution is 5.46. The van der Waals surface area contributed by atoms with E-state index in [9.17, 15) is 0 Å². The monoisotopic (exact) mass is 211 g/mol. The molecule has 0 saturated heterocycles. The van der Waals surface area contributed by atoms with Crippen molar-refractivity contribution >= 4 is 5.69 Å². The van der Waals surface area contributed by atoms with Gasteiger partial charge in [0.25, 0.3) is 0 Å².